The first-order valence-electron chi connectivity index (χ1n) is 3.50. The van der Waals surface area contributed by atoms with Crippen LogP contribution in [0.25, 0.3) is 0 Å². The SMILES string of the molecule is N#Cc1cc(CN=C=O)ccc1F. The summed E-state index contributed by atoms with van der Waals surface area (Å²) in [6.45, 7) is 0.123. The van der Waals surface area contributed by atoms with Gasteiger partial charge in [0.1, 0.15) is 11.9 Å². The van der Waals surface area contributed by atoms with Gasteiger partial charge in [0.05, 0.1) is 12.1 Å². The summed E-state index contributed by atoms with van der Waals surface area (Å²) in [5.74, 6) is -0.568. The number of nitriles is 1. The molecule has 0 aliphatic rings. The van der Waals surface area contributed by atoms with E-state index in [1.807, 2.05) is 0 Å². The van der Waals surface area contributed by atoms with Crippen molar-refractivity contribution in [1.82, 2.24) is 0 Å². The molecule has 64 valence electrons. The summed E-state index contributed by atoms with van der Waals surface area (Å²) in [4.78, 5) is 13.1. The fourth-order valence-electron chi connectivity index (χ4n) is 0.880. The Morgan fingerprint density at radius 3 is 2.92 bits per heavy atom. The van der Waals surface area contributed by atoms with Gasteiger partial charge in [-0.05, 0) is 17.7 Å². The van der Waals surface area contributed by atoms with Crippen LogP contribution in [0.2, 0.25) is 0 Å². The van der Waals surface area contributed by atoms with E-state index in [1.54, 1.807) is 6.07 Å². The van der Waals surface area contributed by atoms with Crippen molar-refractivity contribution < 1.29 is 9.18 Å². The van der Waals surface area contributed by atoms with Gasteiger partial charge in [0.15, 0.2) is 0 Å². The van der Waals surface area contributed by atoms with Crippen LogP contribution in [-0.2, 0) is 11.3 Å². The summed E-state index contributed by atoms with van der Waals surface area (Å²) in [6, 6.07) is 5.70. The standard InChI is InChI=1S/C9H5FN2O/c10-9-2-1-7(5-12-6-13)3-8(9)4-11/h1-3H,5H2. The highest BCUT2D eigenvalue weighted by atomic mass is 19.1. The molecule has 0 fully saturated rings. The lowest BCUT2D eigenvalue weighted by Gasteiger charge is -1.96. The van der Waals surface area contributed by atoms with Crippen molar-refractivity contribution in [3.63, 3.8) is 0 Å². The van der Waals surface area contributed by atoms with Crippen LogP contribution >= 0.6 is 0 Å². The maximum atomic E-state index is 12.8. The van der Waals surface area contributed by atoms with E-state index >= 15 is 0 Å². The zero-order chi connectivity index (χ0) is 9.68. The number of hydrogen-bond acceptors (Lipinski definition) is 3. The zero-order valence-electron chi connectivity index (χ0n) is 6.62. The minimum Gasteiger partial charge on any atom is -0.211 e. The molecule has 0 saturated heterocycles. The molecule has 0 aliphatic heterocycles. The Kier molecular flexibility index (Phi) is 2.91. The number of hydrogen-bond donors (Lipinski definition) is 0. The largest absolute Gasteiger partial charge is 0.235 e. The van der Waals surface area contributed by atoms with Gasteiger partial charge in [-0.2, -0.15) is 5.26 Å². The molecule has 0 atom stereocenters. The van der Waals surface area contributed by atoms with Crippen molar-refractivity contribution in [1.29, 1.82) is 5.26 Å². The predicted molar refractivity (Wildman–Crippen MR) is 42.9 cm³/mol. The number of benzene rings is 1. The predicted octanol–water partition coefficient (Wildman–Crippen LogP) is 1.53. The summed E-state index contributed by atoms with van der Waals surface area (Å²) < 4.78 is 12.8. The molecular weight excluding hydrogens is 171 g/mol. The van der Waals surface area contributed by atoms with Crippen molar-refractivity contribution >= 4 is 6.08 Å². The van der Waals surface area contributed by atoms with Gasteiger partial charge in [0.25, 0.3) is 0 Å². The summed E-state index contributed by atoms with van der Waals surface area (Å²) >= 11 is 0. The van der Waals surface area contributed by atoms with E-state index in [1.165, 1.54) is 24.3 Å². The lowest BCUT2D eigenvalue weighted by atomic mass is 10.1. The molecule has 1 aromatic rings. The molecule has 1 rings (SSSR count). The monoisotopic (exact) mass is 176 g/mol. The molecule has 0 amide bonds. The van der Waals surface area contributed by atoms with Crippen molar-refractivity contribution in [2.45, 2.75) is 6.54 Å². The average molecular weight is 176 g/mol. The van der Waals surface area contributed by atoms with E-state index in [-0.39, 0.29) is 12.1 Å². The Bertz CT molecular complexity index is 403. The molecule has 0 aliphatic carbocycles. The van der Waals surface area contributed by atoms with Gasteiger partial charge in [-0.1, -0.05) is 6.07 Å². The van der Waals surface area contributed by atoms with E-state index in [0.29, 0.717) is 5.56 Å². The normalized spacial score (nSPS) is 8.62. The zero-order valence-corrected chi connectivity index (χ0v) is 6.62. The maximum absolute atomic E-state index is 12.8. The van der Waals surface area contributed by atoms with Crippen LogP contribution in [-0.4, -0.2) is 6.08 Å². The molecule has 1 aromatic carbocycles. The summed E-state index contributed by atoms with van der Waals surface area (Å²) in [5, 5.41) is 8.47. The van der Waals surface area contributed by atoms with Crippen LogP contribution in [0.1, 0.15) is 11.1 Å². The summed E-state index contributed by atoms with van der Waals surface area (Å²) in [7, 11) is 0. The van der Waals surface area contributed by atoms with Crippen LogP contribution in [0.4, 0.5) is 4.39 Å². The first kappa shape index (κ1) is 9.11. The molecule has 3 nitrogen and oxygen atoms in total. The first-order valence-corrected chi connectivity index (χ1v) is 3.50. The molecule has 4 heteroatoms. The van der Waals surface area contributed by atoms with Gasteiger partial charge < -0.3 is 0 Å². The second-order valence-electron chi connectivity index (χ2n) is 2.33. The molecule has 0 radical (unpaired) electrons. The summed E-state index contributed by atoms with van der Waals surface area (Å²) in [6.07, 6.45) is 1.37. The Morgan fingerprint density at radius 2 is 2.31 bits per heavy atom. The van der Waals surface area contributed by atoms with Crippen molar-refractivity contribution in [2.75, 3.05) is 0 Å². The number of halogens is 1. The Balaban J connectivity index is 3.00. The van der Waals surface area contributed by atoms with Crippen molar-refractivity contribution in [2.24, 2.45) is 4.99 Å². The van der Waals surface area contributed by atoms with E-state index in [0.717, 1.165) is 0 Å². The van der Waals surface area contributed by atoms with Crippen LogP contribution in [0.5, 0.6) is 0 Å². The second kappa shape index (κ2) is 4.15. The highest BCUT2D eigenvalue weighted by Gasteiger charge is 2.01. The lowest BCUT2D eigenvalue weighted by Crippen LogP contribution is -1.87. The van der Waals surface area contributed by atoms with Crippen molar-refractivity contribution in [3.05, 3.63) is 35.1 Å². The molecule has 0 aromatic heterocycles. The summed E-state index contributed by atoms with van der Waals surface area (Å²) in [5.41, 5.74) is 0.569. The Labute approximate surface area is 74.1 Å². The van der Waals surface area contributed by atoms with Gasteiger partial charge in [-0.15, -0.1) is 0 Å². The topological polar surface area (TPSA) is 53.2 Å². The number of aliphatic imine (C=N–C) groups is 1. The molecule has 0 unspecified atom stereocenters. The fourth-order valence-corrected chi connectivity index (χ4v) is 0.880. The van der Waals surface area contributed by atoms with Gasteiger partial charge in [-0.3, -0.25) is 0 Å². The molecule has 0 spiro atoms. The minimum absolute atomic E-state index is 0.0430. The lowest BCUT2D eigenvalue weighted by molar-refractivity contribution is 0.562. The highest BCUT2D eigenvalue weighted by Crippen LogP contribution is 2.09. The smallest absolute Gasteiger partial charge is 0.211 e. The van der Waals surface area contributed by atoms with Gasteiger partial charge in [-0.25, -0.2) is 14.2 Å². The molecular formula is C9H5FN2O. The number of rotatable bonds is 2. The molecule has 0 bridgehead atoms. The van der Waals surface area contributed by atoms with Gasteiger partial charge in [0, 0.05) is 0 Å². The molecule has 0 N–H and O–H groups in total. The van der Waals surface area contributed by atoms with E-state index in [9.17, 15) is 9.18 Å². The highest BCUT2D eigenvalue weighted by molar-refractivity contribution is 5.37. The third-order valence-corrected chi connectivity index (χ3v) is 1.48. The Hall–Kier alpha value is -1.98. The number of nitrogens with zero attached hydrogens (tertiary/aromatic N) is 2. The third kappa shape index (κ3) is 2.22. The van der Waals surface area contributed by atoms with Gasteiger partial charge >= 0.3 is 0 Å². The third-order valence-electron chi connectivity index (χ3n) is 1.48. The van der Waals surface area contributed by atoms with Crippen LogP contribution in [0.15, 0.2) is 23.2 Å². The van der Waals surface area contributed by atoms with Gasteiger partial charge in [0.2, 0.25) is 6.08 Å². The average Bonchev–Trinajstić information content (AvgIpc) is 2.16. The fraction of sp³-hybridized carbons (Fsp3) is 0.111. The second-order valence-corrected chi connectivity index (χ2v) is 2.33. The molecule has 0 heterocycles. The van der Waals surface area contributed by atoms with Crippen molar-refractivity contribution in [3.8, 4) is 6.07 Å². The van der Waals surface area contributed by atoms with Crippen LogP contribution < -0.4 is 0 Å². The van der Waals surface area contributed by atoms with Crippen LogP contribution in [0.3, 0.4) is 0 Å². The Morgan fingerprint density at radius 1 is 1.54 bits per heavy atom. The first-order chi connectivity index (χ1) is 6.27. The number of isocyanates is 1. The quantitative estimate of drug-likeness (QED) is 0.506. The molecule has 0 saturated carbocycles. The maximum Gasteiger partial charge on any atom is 0.235 e. The molecule has 13 heavy (non-hydrogen) atoms. The van der Waals surface area contributed by atoms with E-state index < -0.39 is 5.82 Å². The van der Waals surface area contributed by atoms with Crippen LogP contribution in [0, 0.1) is 17.1 Å². The minimum atomic E-state index is -0.568. The van der Waals surface area contributed by atoms with E-state index in [2.05, 4.69) is 4.99 Å². The number of carbonyl (C=O) groups excluding carboxylic acids is 1. The van der Waals surface area contributed by atoms with E-state index in [4.69, 9.17) is 5.26 Å².